The second kappa shape index (κ2) is 8.18. The van der Waals surface area contributed by atoms with Crippen LogP contribution in [0.3, 0.4) is 0 Å². The minimum absolute atomic E-state index is 0.0639. The van der Waals surface area contributed by atoms with Gasteiger partial charge in [-0.1, -0.05) is 17.7 Å². The first-order valence-electron chi connectivity index (χ1n) is 9.92. The third kappa shape index (κ3) is 3.87. The normalized spacial score (nSPS) is 17.5. The minimum atomic E-state index is -0.543. The number of hydrogen-bond donors (Lipinski definition) is 1. The van der Waals surface area contributed by atoms with Crippen LogP contribution in [0.1, 0.15) is 18.1 Å². The molecular formula is C23H18ClN3O6. The first kappa shape index (κ1) is 20.9. The van der Waals surface area contributed by atoms with Gasteiger partial charge in [0.15, 0.2) is 34.7 Å². The number of methoxy groups -OCH3 is 1. The van der Waals surface area contributed by atoms with Crippen LogP contribution in [0.4, 0.5) is 0 Å². The van der Waals surface area contributed by atoms with Gasteiger partial charge in [-0.3, -0.25) is 10.2 Å². The molecule has 0 bridgehead atoms. The zero-order valence-corrected chi connectivity index (χ0v) is 18.4. The van der Waals surface area contributed by atoms with Gasteiger partial charge in [-0.05, 0) is 48.4 Å². The molecule has 1 N–H and O–H groups in total. The molecule has 5 rings (SSSR count). The Morgan fingerprint density at radius 2 is 2.06 bits per heavy atom. The Labute approximate surface area is 193 Å². The van der Waals surface area contributed by atoms with Crippen LogP contribution < -0.4 is 18.9 Å². The van der Waals surface area contributed by atoms with Gasteiger partial charge in [0, 0.05) is 6.08 Å². The predicted molar refractivity (Wildman–Crippen MR) is 120 cm³/mol. The van der Waals surface area contributed by atoms with Crippen molar-refractivity contribution < 1.29 is 28.6 Å². The molecule has 0 radical (unpaired) electrons. The van der Waals surface area contributed by atoms with E-state index in [9.17, 15) is 4.79 Å². The zero-order valence-electron chi connectivity index (χ0n) is 17.7. The Morgan fingerprint density at radius 3 is 2.88 bits per heavy atom. The van der Waals surface area contributed by atoms with Crippen molar-refractivity contribution in [2.75, 3.05) is 13.9 Å². The molecule has 0 saturated carbocycles. The molecule has 0 unspecified atom stereocenters. The fourth-order valence-corrected chi connectivity index (χ4v) is 3.79. The van der Waals surface area contributed by atoms with Crippen molar-refractivity contribution in [3.63, 3.8) is 0 Å². The summed E-state index contributed by atoms with van der Waals surface area (Å²) >= 11 is 6.48. The maximum Gasteiger partial charge on any atom is 0.282 e. The number of nitrogens with zero attached hydrogens (tertiary/aromatic N) is 2. The van der Waals surface area contributed by atoms with E-state index >= 15 is 0 Å². The fraction of sp³-hybridized carbons (Fsp3) is 0.174. The molecule has 0 saturated heterocycles. The highest BCUT2D eigenvalue weighted by Gasteiger charge is 2.34. The number of ether oxygens (including phenoxy) is 4. The summed E-state index contributed by atoms with van der Waals surface area (Å²) in [6.07, 6.45) is 3.10. The van der Waals surface area contributed by atoms with E-state index in [1.807, 2.05) is 18.2 Å². The molecule has 0 aromatic heterocycles. The van der Waals surface area contributed by atoms with E-state index in [0.717, 1.165) is 5.56 Å². The lowest BCUT2D eigenvalue weighted by Gasteiger charge is -2.23. The van der Waals surface area contributed by atoms with Gasteiger partial charge in [0.2, 0.25) is 6.79 Å². The van der Waals surface area contributed by atoms with Gasteiger partial charge in [-0.25, -0.2) is 0 Å². The molecule has 2 aromatic rings. The number of halogens is 1. The average Bonchev–Trinajstić information content (AvgIpc) is 3.41. The number of fused-ring (bicyclic) bond motifs is 2. The van der Waals surface area contributed by atoms with Crippen molar-refractivity contribution in [3.05, 3.63) is 63.9 Å². The molecular weight excluding hydrogens is 450 g/mol. The van der Waals surface area contributed by atoms with Gasteiger partial charge < -0.3 is 23.8 Å². The predicted octanol–water partition coefficient (Wildman–Crippen LogP) is 4.11. The lowest BCUT2D eigenvalue weighted by molar-refractivity contribution is -0.114. The summed E-state index contributed by atoms with van der Waals surface area (Å²) in [5.41, 5.74) is 1.48. The van der Waals surface area contributed by atoms with Gasteiger partial charge in [-0.15, -0.1) is 5.06 Å². The van der Waals surface area contributed by atoms with Crippen LogP contribution >= 0.6 is 11.6 Å². The van der Waals surface area contributed by atoms with Crippen LogP contribution in [0.15, 0.2) is 52.7 Å². The zero-order chi connectivity index (χ0) is 23.1. The number of hydrogen-bond acceptors (Lipinski definition) is 7. The van der Waals surface area contributed by atoms with Crippen molar-refractivity contribution >= 4 is 35.3 Å². The molecule has 1 amide bonds. The summed E-state index contributed by atoms with van der Waals surface area (Å²) in [4.78, 5) is 21.9. The summed E-state index contributed by atoms with van der Waals surface area (Å²) in [5, 5.41) is 9.83. The number of rotatable bonds is 5. The number of nitrogens with one attached hydrogen (secondary N) is 1. The maximum absolute atomic E-state index is 12.5. The Balaban J connectivity index is 1.39. The van der Waals surface area contributed by atoms with Crippen molar-refractivity contribution in [1.82, 2.24) is 5.06 Å². The molecule has 10 heteroatoms. The summed E-state index contributed by atoms with van der Waals surface area (Å²) in [5.74, 6) is 2.25. The second-order valence-corrected chi connectivity index (χ2v) is 7.74. The molecule has 168 valence electrons. The van der Waals surface area contributed by atoms with Crippen molar-refractivity contribution in [3.8, 4) is 23.0 Å². The highest BCUT2D eigenvalue weighted by Crippen LogP contribution is 2.39. The number of aliphatic imine (C=N–C) groups is 1. The van der Waals surface area contributed by atoms with Crippen molar-refractivity contribution in [2.24, 2.45) is 4.99 Å². The number of amidine groups is 2. The Morgan fingerprint density at radius 1 is 1.24 bits per heavy atom. The molecule has 0 aliphatic carbocycles. The first-order valence-corrected chi connectivity index (χ1v) is 10.3. The quantitative estimate of drug-likeness (QED) is 0.660. The van der Waals surface area contributed by atoms with Crippen LogP contribution in [0.25, 0.3) is 6.08 Å². The second-order valence-electron chi connectivity index (χ2n) is 7.33. The molecule has 9 nitrogen and oxygen atoms in total. The molecule has 3 aliphatic heterocycles. The third-order valence-corrected chi connectivity index (χ3v) is 5.34. The number of carbonyl (C=O) groups excluding carboxylic acids is 1. The smallest absolute Gasteiger partial charge is 0.282 e. The molecule has 2 aromatic carbocycles. The van der Waals surface area contributed by atoms with E-state index in [4.69, 9.17) is 40.8 Å². The van der Waals surface area contributed by atoms with Crippen LogP contribution in [0.2, 0.25) is 5.02 Å². The number of amides is 1. The van der Waals surface area contributed by atoms with E-state index in [0.29, 0.717) is 34.3 Å². The van der Waals surface area contributed by atoms with Crippen molar-refractivity contribution in [1.29, 1.82) is 5.41 Å². The van der Waals surface area contributed by atoms with Gasteiger partial charge in [0.25, 0.3) is 5.91 Å². The monoisotopic (exact) mass is 467 g/mol. The van der Waals surface area contributed by atoms with Crippen LogP contribution in [-0.2, 0) is 16.2 Å². The topological polar surface area (TPSA) is 103 Å². The molecule has 0 fully saturated rings. The molecule has 0 atom stereocenters. The number of hydroxylamine groups is 2. The largest absolute Gasteiger partial charge is 0.493 e. The van der Waals surface area contributed by atoms with E-state index in [-0.39, 0.29) is 35.7 Å². The lowest BCUT2D eigenvalue weighted by Crippen LogP contribution is -2.38. The summed E-state index contributed by atoms with van der Waals surface area (Å²) in [6.45, 7) is 2.14. The van der Waals surface area contributed by atoms with Gasteiger partial charge >= 0.3 is 0 Å². The van der Waals surface area contributed by atoms with Crippen LogP contribution in [0.5, 0.6) is 23.0 Å². The summed E-state index contributed by atoms with van der Waals surface area (Å²) in [7, 11) is 1.49. The summed E-state index contributed by atoms with van der Waals surface area (Å²) in [6, 6.07) is 8.83. The molecule has 33 heavy (non-hydrogen) atoms. The third-order valence-electron chi connectivity index (χ3n) is 5.06. The molecule has 3 aliphatic rings. The van der Waals surface area contributed by atoms with Crippen LogP contribution in [-0.4, -0.2) is 36.5 Å². The van der Waals surface area contributed by atoms with Crippen molar-refractivity contribution in [2.45, 2.75) is 13.5 Å². The number of benzene rings is 2. The number of allylic oxidation sites excluding steroid dienone is 1. The molecule has 3 heterocycles. The van der Waals surface area contributed by atoms with Gasteiger partial charge in [0.05, 0.1) is 17.7 Å². The SMILES string of the molecule is COc1cc(/C=C2/C(=N)N3OC(C)=CC3=NC2=O)cc(Cl)c1OCc1ccc2c(c1)OCO2. The fourth-order valence-electron chi connectivity index (χ4n) is 3.52. The van der Waals surface area contributed by atoms with Gasteiger partial charge in [-0.2, -0.15) is 4.99 Å². The van der Waals surface area contributed by atoms with Gasteiger partial charge in [0.1, 0.15) is 12.4 Å². The van der Waals surface area contributed by atoms with E-state index < -0.39 is 5.91 Å². The first-order chi connectivity index (χ1) is 15.9. The Bertz CT molecular complexity index is 1280. The minimum Gasteiger partial charge on any atom is -0.493 e. The van der Waals surface area contributed by atoms with E-state index in [2.05, 4.69) is 4.99 Å². The maximum atomic E-state index is 12.5. The lowest BCUT2D eigenvalue weighted by atomic mass is 10.1. The van der Waals surface area contributed by atoms with Crippen LogP contribution in [0, 0.1) is 5.41 Å². The highest BCUT2D eigenvalue weighted by molar-refractivity contribution is 6.33. The highest BCUT2D eigenvalue weighted by atomic mass is 35.5. The molecule has 0 spiro atoms. The standard InChI is InChI=1S/C23H18ClN3O6/c1-12-5-20-26-23(28)15(22(25)27(20)33-12)6-14-7-16(24)21(19(9-14)29-2)30-10-13-3-4-17-18(8-13)32-11-31-17/h3-9,25H,10-11H2,1-2H3/b15-6-,25-22?. The van der Waals surface area contributed by atoms with E-state index in [1.165, 1.54) is 18.2 Å². The number of carbonyl (C=O) groups is 1. The Kier molecular flexibility index (Phi) is 5.18. The Hall–Kier alpha value is -3.98. The summed E-state index contributed by atoms with van der Waals surface area (Å²) < 4.78 is 22.1. The van der Waals surface area contributed by atoms with E-state index in [1.54, 1.807) is 25.1 Å². The average molecular weight is 468 g/mol.